The maximum absolute atomic E-state index is 9.94. The highest BCUT2D eigenvalue weighted by Gasteiger charge is 2.37. The molecule has 1 fully saturated rings. The second-order valence-corrected chi connectivity index (χ2v) is 5.09. The van der Waals surface area contributed by atoms with Gasteiger partial charge in [-0.05, 0) is 19.4 Å². The van der Waals surface area contributed by atoms with E-state index in [4.69, 9.17) is 16.3 Å². The van der Waals surface area contributed by atoms with Crippen LogP contribution in [0.3, 0.4) is 0 Å². The monoisotopic (exact) mass is 284 g/mol. The highest BCUT2D eigenvalue weighted by molar-refractivity contribution is 9.09. The van der Waals surface area contributed by atoms with Crippen LogP contribution in [0.25, 0.3) is 0 Å². The second kappa shape index (κ2) is 4.94. The maximum atomic E-state index is 9.94. The van der Waals surface area contributed by atoms with Crippen molar-refractivity contribution in [1.29, 1.82) is 0 Å². The Kier molecular flexibility index (Phi) is 4.40. The zero-order valence-corrected chi connectivity index (χ0v) is 10.2. The molecule has 1 saturated heterocycles. The Bertz CT molecular complexity index is 220. The lowest BCUT2D eigenvalue weighted by Gasteiger charge is -2.37. The third-order valence-corrected chi connectivity index (χ3v) is 3.49. The van der Waals surface area contributed by atoms with E-state index >= 15 is 0 Å². The van der Waals surface area contributed by atoms with E-state index in [1.807, 2.05) is 0 Å². The van der Waals surface area contributed by atoms with Gasteiger partial charge in [-0.3, -0.25) is 0 Å². The van der Waals surface area contributed by atoms with Crippen molar-refractivity contribution in [3.8, 4) is 0 Å². The minimum Gasteiger partial charge on any atom is -0.390 e. The number of alkyl halides is 1. The maximum Gasteiger partial charge on any atom is 0.107 e. The fourth-order valence-corrected chi connectivity index (χ4v) is 2.14. The van der Waals surface area contributed by atoms with E-state index in [0.29, 0.717) is 6.42 Å². The molecule has 1 rings (SSSR count). The van der Waals surface area contributed by atoms with Crippen molar-refractivity contribution in [2.45, 2.75) is 36.0 Å². The summed E-state index contributed by atoms with van der Waals surface area (Å²) in [6, 6.07) is 0. The van der Waals surface area contributed by atoms with Gasteiger partial charge < -0.3 is 14.9 Å². The Morgan fingerprint density at radius 1 is 1.64 bits per heavy atom. The van der Waals surface area contributed by atoms with Crippen LogP contribution in [0.5, 0.6) is 0 Å². The zero-order chi connectivity index (χ0) is 10.8. The lowest BCUT2D eigenvalue weighted by Crippen LogP contribution is -2.48. The van der Waals surface area contributed by atoms with Crippen molar-refractivity contribution in [1.82, 2.24) is 0 Å². The minimum absolute atomic E-state index is 0.0450. The minimum atomic E-state index is -1.09. The first-order valence-corrected chi connectivity index (χ1v) is 5.76. The number of aliphatic hydroxyl groups is 2. The molecule has 1 heterocycles. The molecule has 1 aliphatic rings. The van der Waals surface area contributed by atoms with E-state index in [0.717, 1.165) is 0 Å². The van der Waals surface area contributed by atoms with Crippen LogP contribution in [0.1, 0.15) is 13.3 Å². The fraction of sp³-hybridized carbons (Fsp3) is 0.778. The van der Waals surface area contributed by atoms with Crippen LogP contribution in [0.15, 0.2) is 11.6 Å². The zero-order valence-electron chi connectivity index (χ0n) is 7.86. The van der Waals surface area contributed by atoms with Gasteiger partial charge in [-0.25, -0.2) is 0 Å². The normalized spacial score (nSPS) is 38.5. The molecule has 0 aliphatic carbocycles. The molecule has 0 saturated carbocycles. The van der Waals surface area contributed by atoms with Gasteiger partial charge in [0.05, 0.1) is 18.8 Å². The van der Waals surface area contributed by atoms with Crippen molar-refractivity contribution >= 4 is 27.5 Å². The van der Waals surface area contributed by atoms with Crippen LogP contribution in [-0.4, -0.2) is 39.5 Å². The molecule has 5 heteroatoms. The molecule has 0 unspecified atom stereocenters. The van der Waals surface area contributed by atoms with Gasteiger partial charge in [-0.15, -0.1) is 0 Å². The third-order valence-electron chi connectivity index (χ3n) is 2.38. The Morgan fingerprint density at radius 3 is 2.79 bits per heavy atom. The van der Waals surface area contributed by atoms with Crippen molar-refractivity contribution in [2.75, 3.05) is 6.61 Å². The van der Waals surface area contributed by atoms with E-state index in [1.165, 1.54) is 11.6 Å². The molecule has 1 aliphatic heterocycles. The summed E-state index contributed by atoms with van der Waals surface area (Å²) < 4.78 is 5.34. The average Bonchev–Trinajstić information content (AvgIpc) is 2.09. The average molecular weight is 286 g/mol. The first-order valence-electron chi connectivity index (χ1n) is 4.41. The molecule has 0 aromatic carbocycles. The smallest absolute Gasteiger partial charge is 0.107 e. The lowest BCUT2D eigenvalue weighted by atomic mass is 9.92. The van der Waals surface area contributed by atoms with Gasteiger partial charge in [-0.1, -0.05) is 27.5 Å². The SMILES string of the molecule is C[C@](O)(/C=C/Cl)[C@@H]1C[C@@H](Br)[C@H](O)CO1. The van der Waals surface area contributed by atoms with Gasteiger partial charge in [0.2, 0.25) is 0 Å². The van der Waals surface area contributed by atoms with Gasteiger partial charge in [0, 0.05) is 10.4 Å². The number of hydrogen-bond acceptors (Lipinski definition) is 3. The van der Waals surface area contributed by atoms with Gasteiger partial charge in [0.1, 0.15) is 5.60 Å². The molecule has 0 amide bonds. The predicted octanol–water partition coefficient (Wildman–Crippen LogP) is 1.40. The molecule has 82 valence electrons. The fourth-order valence-electron chi connectivity index (χ4n) is 1.39. The summed E-state index contributed by atoms with van der Waals surface area (Å²) in [6.07, 6.45) is 1.18. The van der Waals surface area contributed by atoms with E-state index in [1.54, 1.807) is 6.92 Å². The number of halogens is 2. The lowest BCUT2D eigenvalue weighted by molar-refractivity contribution is -0.121. The van der Waals surface area contributed by atoms with Gasteiger partial charge in [0.15, 0.2) is 0 Å². The third kappa shape index (κ3) is 2.94. The molecular formula is C9H14BrClO3. The van der Waals surface area contributed by atoms with Crippen LogP contribution >= 0.6 is 27.5 Å². The molecule has 3 nitrogen and oxygen atoms in total. The molecule has 4 atom stereocenters. The highest BCUT2D eigenvalue weighted by Crippen LogP contribution is 2.28. The molecule has 2 N–H and O–H groups in total. The Hall–Kier alpha value is 0.390. The molecule has 14 heavy (non-hydrogen) atoms. The Labute approximate surface area is 96.8 Å². The van der Waals surface area contributed by atoms with Crippen molar-refractivity contribution in [2.24, 2.45) is 0 Å². The van der Waals surface area contributed by atoms with Crippen molar-refractivity contribution < 1.29 is 14.9 Å². The summed E-state index contributed by atoms with van der Waals surface area (Å²) in [5.41, 5.74) is 0.186. The number of aliphatic hydroxyl groups excluding tert-OH is 1. The Balaban J connectivity index is 2.62. The summed E-state index contributed by atoms with van der Waals surface area (Å²) in [6.45, 7) is 1.86. The number of ether oxygens (including phenoxy) is 1. The summed E-state index contributed by atoms with van der Waals surface area (Å²) in [5, 5.41) is 19.3. The highest BCUT2D eigenvalue weighted by atomic mass is 79.9. The molecule has 0 aromatic heterocycles. The second-order valence-electron chi connectivity index (χ2n) is 3.66. The van der Waals surface area contributed by atoms with Crippen molar-refractivity contribution in [3.05, 3.63) is 11.6 Å². The molecule has 0 bridgehead atoms. The molecule has 0 radical (unpaired) electrons. The first kappa shape index (κ1) is 12.5. The van der Waals surface area contributed by atoms with Gasteiger partial charge in [-0.2, -0.15) is 0 Å². The van der Waals surface area contributed by atoms with E-state index in [9.17, 15) is 10.2 Å². The van der Waals surface area contributed by atoms with Crippen LogP contribution in [-0.2, 0) is 4.74 Å². The topological polar surface area (TPSA) is 49.7 Å². The van der Waals surface area contributed by atoms with E-state index in [2.05, 4.69) is 15.9 Å². The van der Waals surface area contributed by atoms with E-state index in [-0.39, 0.29) is 17.5 Å². The largest absolute Gasteiger partial charge is 0.390 e. The van der Waals surface area contributed by atoms with Crippen LogP contribution < -0.4 is 0 Å². The summed E-state index contributed by atoms with van der Waals surface area (Å²) in [5.74, 6) is 0. The standard InChI is InChI=1S/C9H14BrClO3/c1-9(13,2-3-11)8-4-6(10)7(12)5-14-8/h2-3,6-8,12-13H,4-5H2,1H3/b3-2+/t6-,7-,8+,9+/m1/s1. The predicted molar refractivity (Wildman–Crippen MR) is 58.7 cm³/mol. The van der Waals surface area contributed by atoms with Gasteiger partial charge in [0.25, 0.3) is 0 Å². The summed E-state index contributed by atoms with van der Waals surface area (Å²) in [4.78, 5) is -0.0450. The quantitative estimate of drug-likeness (QED) is 0.754. The molecule has 0 aromatic rings. The summed E-state index contributed by atoms with van der Waals surface area (Å²) >= 11 is 8.75. The van der Waals surface area contributed by atoms with Crippen molar-refractivity contribution in [3.63, 3.8) is 0 Å². The Morgan fingerprint density at radius 2 is 2.29 bits per heavy atom. The van der Waals surface area contributed by atoms with E-state index < -0.39 is 11.7 Å². The van der Waals surface area contributed by atoms with Crippen LogP contribution in [0.4, 0.5) is 0 Å². The first-order chi connectivity index (χ1) is 6.47. The van der Waals surface area contributed by atoms with Crippen LogP contribution in [0, 0.1) is 0 Å². The summed E-state index contributed by atoms with van der Waals surface area (Å²) in [7, 11) is 0. The molecular weight excluding hydrogens is 271 g/mol. The number of rotatable bonds is 2. The number of hydrogen-bond donors (Lipinski definition) is 2. The van der Waals surface area contributed by atoms with Gasteiger partial charge >= 0.3 is 0 Å². The van der Waals surface area contributed by atoms with Crippen LogP contribution in [0.2, 0.25) is 0 Å². The molecule has 0 spiro atoms.